The Labute approximate surface area is 193 Å². The third kappa shape index (κ3) is 8.69. The number of benzene rings is 1. The molecule has 2 rings (SSSR count). The monoisotopic (exact) mass is 473 g/mol. The minimum Gasteiger partial charge on any atom is -0.379 e. The maximum Gasteiger partial charge on any atom is 0.281 e. The Morgan fingerprint density at radius 1 is 1.03 bits per heavy atom. The summed E-state index contributed by atoms with van der Waals surface area (Å²) >= 11 is 0. The van der Waals surface area contributed by atoms with E-state index < -0.39 is 10.0 Å². The average molecular weight is 474 g/mol. The Hall–Kier alpha value is -3.20. The zero-order valence-corrected chi connectivity index (χ0v) is 18.9. The largest absolute Gasteiger partial charge is 0.379 e. The summed E-state index contributed by atoms with van der Waals surface area (Å²) in [5.74, 6) is 0. The lowest BCUT2D eigenvalue weighted by Gasteiger charge is -2.24. The van der Waals surface area contributed by atoms with E-state index in [0.29, 0.717) is 32.1 Å². The van der Waals surface area contributed by atoms with Crippen molar-refractivity contribution in [2.45, 2.75) is 5.03 Å². The van der Waals surface area contributed by atoms with Crippen LogP contribution < -0.4 is 4.31 Å². The predicted molar refractivity (Wildman–Crippen MR) is 121 cm³/mol. The van der Waals surface area contributed by atoms with Crippen molar-refractivity contribution in [3.63, 3.8) is 0 Å². The van der Waals surface area contributed by atoms with Crippen molar-refractivity contribution in [2.24, 2.45) is 5.11 Å². The number of azide groups is 1. The highest BCUT2D eigenvalue weighted by molar-refractivity contribution is 7.92. The van der Waals surface area contributed by atoms with Crippen LogP contribution in [-0.4, -0.2) is 66.1 Å². The van der Waals surface area contributed by atoms with E-state index in [4.69, 9.17) is 25.0 Å². The van der Waals surface area contributed by atoms with Crippen LogP contribution in [0, 0.1) is 18.3 Å². The third-order valence-electron chi connectivity index (χ3n) is 4.23. The summed E-state index contributed by atoms with van der Waals surface area (Å²) in [4.78, 5) is 6.56. The first kappa shape index (κ1) is 26.1. The minimum absolute atomic E-state index is 0.0586. The number of rotatable bonds is 15. The molecule has 1 heterocycles. The van der Waals surface area contributed by atoms with E-state index in [1.807, 2.05) is 6.07 Å². The molecule has 1 aromatic heterocycles. The van der Waals surface area contributed by atoms with Crippen molar-refractivity contribution in [2.75, 3.05) is 57.0 Å². The second-order valence-electron chi connectivity index (χ2n) is 6.53. The molecule has 1 radical (unpaired) electrons. The fourth-order valence-corrected chi connectivity index (χ4v) is 3.97. The van der Waals surface area contributed by atoms with Gasteiger partial charge >= 0.3 is 0 Å². The lowest BCUT2D eigenvalue weighted by molar-refractivity contribution is 0.0176. The van der Waals surface area contributed by atoms with Gasteiger partial charge in [0.2, 0.25) is 0 Å². The normalized spacial score (nSPS) is 10.9. The summed E-state index contributed by atoms with van der Waals surface area (Å²) in [6.07, 6.45) is 1.22. The molecule has 12 heteroatoms. The summed E-state index contributed by atoms with van der Waals surface area (Å²) < 4.78 is 43.7. The lowest BCUT2D eigenvalue weighted by atomic mass is 10.2. The highest BCUT2D eigenvalue weighted by atomic mass is 32.2. The molecule has 11 nitrogen and oxygen atoms in total. The number of sulfonamides is 1. The first-order valence-corrected chi connectivity index (χ1v) is 11.5. The molecule has 1 aromatic carbocycles. The van der Waals surface area contributed by atoms with Crippen molar-refractivity contribution in [3.8, 4) is 6.07 Å². The van der Waals surface area contributed by atoms with Gasteiger partial charge in [0.25, 0.3) is 10.0 Å². The van der Waals surface area contributed by atoms with Crippen LogP contribution in [0.3, 0.4) is 0 Å². The first-order valence-electron chi connectivity index (χ1n) is 10.0. The van der Waals surface area contributed by atoms with Crippen LogP contribution in [0.4, 0.5) is 5.69 Å². The summed E-state index contributed by atoms with van der Waals surface area (Å²) in [7, 11) is -3.97. The van der Waals surface area contributed by atoms with Crippen LogP contribution in [0.15, 0.2) is 52.7 Å². The van der Waals surface area contributed by atoms with Crippen LogP contribution >= 0.6 is 0 Å². The van der Waals surface area contributed by atoms with Gasteiger partial charge in [-0.3, -0.25) is 4.31 Å². The molecule has 0 fully saturated rings. The quantitative estimate of drug-likeness (QED) is 0.167. The molecule has 0 aliphatic carbocycles. The van der Waals surface area contributed by atoms with Gasteiger partial charge in [-0.2, -0.15) is 13.7 Å². The van der Waals surface area contributed by atoms with Gasteiger partial charge in [-0.25, -0.2) is 4.98 Å². The number of nitriles is 1. The molecule has 0 saturated carbocycles. The molecule has 0 aliphatic heterocycles. The van der Waals surface area contributed by atoms with E-state index in [2.05, 4.69) is 21.9 Å². The van der Waals surface area contributed by atoms with Gasteiger partial charge in [-0.1, -0.05) is 17.2 Å². The molecule has 0 amide bonds. The molecule has 0 N–H and O–H groups in total. The third-order valence-corrected chi connectivity index (χ3v) is 5.97. The molecule has 0 spiro atoms. The van der Waals surface area contributed by atoms with Crippen LogP contribution in [0.1, 0.15) is 11.1 Å². The molecule has 33 heavy (non-hydrogen) atoms. The predicted octanol–water partition coefficient (Wildman–Crippen LogP) is 2.69. The second-order valence-corrected chi connectivity index (χ2v) is 8.34. The Morgan fingerprint density at radius 2 is 1.67 bits per heavy atom. The van der Waals surface area contributed by atoms with Gasteiger partial charge < -0.3 is 14.2 Å². The number of aromatic nitrogens is 1. The molecular weight excluding hydrogens is 448 g/mol. The molecule has 0 atom stereocenters. The van der Waals surface area contributed by atoms with Crippen LogP contribution in [0.5, 0.6) is 0 Å². The average Bonchev–Trinajstić information content (AvgIpc) is 2.83. The van der Waals surface area contributed by atoms with E-state index in [-0.39, 0.29) is 36.9 Å². The summed E-state index contributed by atoms with van der Waals surface area (Å²) in [5, 5.41) is 12.1. The lowest BCUT2D eigenvalue weighted by Crippen LogP contribution is -2.35. The van der Waals surface area contributed by atoms with Gasteiger partial charge in [0, 0.05) is 17.7 Å². The fourth-order valence-electron chi connectivity index (χ4n) is 2.60. The van der Waals surface area contributed by atoms with Gasteiger partial charge in [0.05, 0.1) is 57.4 Å². The van der Waals surface area contributed by atoms with Gasteiger partial charge in [0.15, 0.2) is 5.03 Å². The zero-order valence-electron chi connectivity index (χ0n) is 18.0. The Bertz CT molecular complexity index is 1050. The van der Waals surface area contributed by atoms with Gasteiger partial charge in [0.1, 0.15) is 6.07 Å². The van der Waals surface area contributed by atoms with Crippen molar-refractivity contribution in [1.82, 2.24) is 4.98 Å². The zero-order chi connectivity index (χ0) is 23.9. The number of pyridine rings is 1. The SMILES string of the molecule is [CH2]c1ccc(N(CCOCCOCCOCCN=[N+]=[N-])S(=O)(=O)c2ccc(C#N)cn2)cc1. The van der Waals surface area contributed by atoms with E-state index in [0.717, 1.165) is 5.56 Å². The topological polar surface area (TPSA) is 151 Å². The van der Waals surface area contributed by atoms with Gasteiger partial charge in [-0.05, 0) is 42.3 Å². The highest BCUT2D eigenvalue weighted by Gasteiger charge is 2.26. The van der Waals surface area contributed by atoms with E-state index in [1.54, 1.807) is 24.3 Å². The number of hydrogen-bond acceptors (Lipinski definition) is 8. The highest BCUT2D eigenvalue weighted by Crippen LogP contribution is 2.23. The summed E-state index contributed by atoms with van der Waals surface area (Å²) in [6.45, 7) is 5.94. The minimum atomic E-state index is -3.97. The van der Waals surface area contributed by atoms with Crippen molar-refractivity contribution < 1.29 is 22.6 Å². The molecule has 0 saturated heterocycles. The number of ether oxygens (including phenoxy) is 3. The van der Waals surface area contributed by atoms with E-state index in [9.17, 15) is 8.42 Å². The van der Waals surface area contributed by atoms with Gasteiger partial charge in [-0.15, -0.1) is 0 Å². The summed E-state index contributed by atoms with van der Waals surface area (Å²) in [6, 6.07) is 11.4. The fraction of sp³-hybridized carbons (Fsp3) is 0.381. The Balaban J connectivity index is 1.88. The molecule has 2 aromatic rings. The molecule has 175 valence electrons. The van der Waals surface area contributed by atoms with Crippen LogP contribution in [-0.2, 0) is 24.2 Å². The van der Waals surface area contributed by atoms with E-state index >= 15 is 0 Å². The molecule has 0 unspecified atom stereocenters. The second kappa shape index (κ2) is 14.1. The molecule has 0 bridgehead atoms. The maximum absolute atomic E-state index is 13.2. The van der Waals surface area contributed by atoms with Crippen LogP contribution in [0.2, 0.25) is 0 Å². The number of nitrogens with zero attached hydrogens (tertiary/aromatic N) is 6. The Kier molecular flexibility index (Phi) is 11.1. The first-order chi connectivity index (χ1) is 16.0. The molecular formula is C21H25N6O5S. The molecule has 0 aliphatic rings. The number of anilines is 1. The van der Waals surface area contributed by atoms with E-state index in [1.165, 1.54) is 22.6 Å². The van der Waals surface area contributed by atoms with Crippen molar-refractivity contribution in [3.05, 3.63) is 71.1 Å². The van der Waals surface area contributed by atoms with Crippen LogP contribution in [0.25, 0.3) is 10.4 Å². The standard InChI is InChI=1S/C21H25N6O5S/c1-18-2-5-20(6-3-18)27(33(28,29)21-7-4-19(16-22)17-24-21)9-11-31-13-15-32-14-12-30-10-8-25-26-23/h2-7,17H,1,8-15H2. The smallest absolute Gasteiger partial charge is 0.281 e. The number of hydrogen-bond donors (Lipinski definition) is 0. The van der Waals surface area contributed by atoms with Crippen molar-refractivity contribution >= 4 is 15.7 Å². The van der Waals surface area contributed by atoms with Crippen molar-refractivity contribution in [1.29, 1.82) is 5.26 Å². The Morgan fingerprint density at radius 3 is 2.24 bits per heavy atom. The maximum atomic E-state index is 13.2. The summed E-state index contributed by atoms with van der Waals surface area (Å²) in [5.41, 5.74) is 9.63.